The molecule has 0 N–H and O–H groups in total. The Kier molecular flexibility index (Phi) is 12.3. The van der Waals surface area contributed by atoms with Crippen LogP contribution in [0.5, 0.6) is 0 Å². The first-order valence-corrected chi connectivity index (χ1v) is 15.9. The van der Waals surface area contributed by atoms with E-state index in [9.17, 15) is 0 Å². The summed E-state index contributed by atoms with van der Waals surface area (Å²) in [7, 11) is 1.27. The lowest BCUT2D eigenvalue weighted by atomic mass is 9.85. The first-order chi connectivity index (χ1) is 22.8. The number of benzene rings is 4. The number of methoxy groups -OCH3 is 1. The minimum absolute atomic E-state index is 0.00898. The van der Waals surface area contributed by atoms with Gasteiger partial charge in [0.2, 0.25) is 0 Å². The van der Waals surface area contributed by atoms with Crippen molar-refractivity contribution in [1.82, 2.24) is 0 Å². The van der Waals surface area contributed by atoms with E-state index >= 15 is 8.78 Å². The maximum Gasteiger partial charge on any atom is 0.304 e. The van der Waals surface area contributed by atoms with E-state index < -0.39 is 42.0 Å². The molecule has 47 heavy (non-hydrogen) atoms. The molecule has 1 aliphatic rings. The van der Waals surface area contributed by atoms with Crippen LogP contribution in [0.25, 0.3) is 0 Å². The van der Waals surface area contributed by atoms with Gasteiger partial charge in [0.15, 0.2) is 6.10 Å². The molecule has 0 aromatic heterocycles. The Morgan fingerprint density at radius 3 is 1.36 bits per heavy atom. The standard InChI is InChI=1S/C39H44F2O6/c1-38(2,42-3)39(40,41)37-36(46-27-32-22-14-7-15-23-32)35(45-26-31-20-12-6-13-21-31)34(44-25-30-18-10-5-11-19-30)33(47-37)28-43-24-29-16-8-4-9-17-29/h4-23,33-37H,24-28H2,1-3H3/t33-,34+,35+,36-,37-/m1/s1. The SMILES string of the molecule is COC(C)(C)C(F)(F)[C@@H]1O[C@H](COCc2ccccc2)[C@H](OCc2ccccc2)[C@H](OCc2ccccc2)[C@H]1OCc1ccccc1. The number of hydrogen-bond donors (Lipinski definition) is 0. The Bertz CT molecular complexity index is 1460. The summed E-state index contributed by atoms with van der Waals surface area (Å²) >= 11 is 0. The van der Waals surface area contributed by atoms with Gasteiger partial charge in [0.1, 0.15) is 30.0 Å². The van der Waals surface area contributed by atoms with Crippen LogP contribution in [-0.2, 0) is 54.8 Å². The molecule has 6 nitrogen and oxygen atoms in total. The van der Waals surface area contributed by atoms with Crippen molar-refractivity contribution in [3.05, 3.63) is 144 Å². The van der Waals surface area contributed by atoms with Gasteiger partial charge in [0.25, 0.3) is 0 Å². The second kappa shape index (κ2) is 16.6. The molecule has 8 heteroatoms. The van der Waals surface area contributed by atoms with Gasteiger partial charge >= 0.3 is 5.92 Å². The Morgan fingerprint density at radius 2 is 0.936 bits per heavy atom. The fourth-order valence-corrected chi connectivity index (χ4v) is 5.56. The number of halogens is 2. The summed E-state index contributed by atoms with van der Waals surface area (Å²) in [4.78, 5) is 0. The van der Waals surface area contributed by atoms with Crippen LogP contribution >= 0.6 is 0 Å². The predicted molar refractivity (Wildman–Crippen MR) is 176 cm³/mol. The Morgan fingerprint density at radius 1 is 0.553 bits per heavy atom. The largest absolute Gasteiger partial charge is 0.374 e. The monoisotopic (exact) mass is 646 g/mol. The molecule has 0 radical (unpaired) electrons. The molecule has 5 atom stereocenters. The zero-order valence-corrected chi connectivity index (χ0v) is 27.2. The smallest absolute Gasteiger partial charge is 0.304 e. The summed E-state index contributed by atoms with van der Waals surface area (Å²) in [6.07, 6.45) is -5.65. The predicted octanol–water partition coefficient (Wildman–Crippen LogP) is 7.79. The van der Waals surface area contributed by atoms with Gasteiger partial charge < -0.3 is 28.4 Å². The average molecular weight is 647 g/mol. The molecule has 0 saturated carbocycles. The second-order valence-corrected chi connectivity index (χ2v) is 12.2. The van der Waals surface area contributed by atoms with Crippen LogP contribution in [0.2, 0.25) is 0 Å². The maximum absolute atomic E-state index is 16.7. The van der Waals surface area contributed by atoms with Crippen LogP contribution in [0.15, 0.2) is 121 Å². The van der Waals surface area contributed by atoms with Gasteiger partial charge in [-0.15, -0.1) is 0 Å². The van der Waals surface area contributed by atoms with Crippen molar-refractivity contribution < 1.29 is 37.2 Å². The summed E-state index contributed by atoms with van der Waals surface area (Å²) < 4.78 is 70.7. The molecule has 1 aliphatic heterocycles. The van der Waals surface area contributed by atoms with Gasteiger partial charge in [-0.1, -0.05) is 121 Å². The Hall–Kier alpha value is -3.50. The zero-order valence-electron chi connectivity index (χ0n) is 27.2. The molecule has 1 fully saturated rings. The van der Waals surface area contributed by atoms with E-state index in [0.717, 1.165) is 22.3 Å². The Balaban J connectivity index is 1.51. The normalized spacial score (nSPS) is 21.9. The molecule has 1 heterocycles. The third kappa shape index (κ3) is 9.11. The van der Waals surface area contributed by atoms with E-state index in [2.05, 4.69) is 0 Å². The lowest BCUT2D eigenvalue weighted by Gasteiger charge is -2.50. The molecule has 0 spiro atoms. The van der Waals surface area contributed by atoms with Crippen LogP contribution in [0.4, 0.5) is 8.78 Å². The van der Waals surface area contributed by atoms with Gasteiger partial charge in [-0.25, -0.2) is 8.78 Å². The van der Waals surface area contributed by atoms with Crippen molar-refractivity contribution in [3.8, 4) is 0 Å². The second-order valence-electron chi connectivity index (χ2n) is 12.2. The fourth-order valence-electron chi connectivity index (χ4n) is 5.56. The minimum atomic E-state index is -3.50. The molecule has 0 aliphatic carbocycles. The highest BCUT2D eigenvalue weighted by atomic mass is 19.3. The Labute approximate surface area is 276 Å². The zero-order chi connectivity index (χ0) is 33.1. The van der Waals surface area contributed by atoms with E-state index in [4.69, 9.17) is 28.4 Å². The molecule has 4 aromatic rings. The first-order valence-electron chi connectivity index (χ1n) is 15.9. The third-order valence-corrected chi connectivity index (χ3v) is 8.55. The summed E-state index contributed by atoms with van der Waals surface area (Å²) in [6, 6.07) is 38.4. The van der Waals surface area contributed by atoms with Crippen LogP contribution in [-0.4, -0.2) is 55.8 Å². The highest BCUT2D eigenvalue weighted by Crippen LogP contribution is 2.43. The van der Waals surface area contributed by atoms with E-state index in [1.54, 1.807) is 0 Å². The van der Waals surface area contributed by atoms with E-state index in [1.807, 2.05) is 121 Å². The minimum Gasteiger partial charge on any atom is -0.374 e. The lowest BCUT2D eigenvalue weighted by Crippen LogP contribution is -2.69. The number of hydrogen-bond acceptors (Lipinski definition) is 6. The maximum atomic E-state index is 16.7. The fraction of sp³-hybridized carbons (Fsp3) is 0.385. The summed E-state index contributed by atoms with van der Waals surface area (Å²) in [5, 5.41) is 0. The molecular weight excluding hydrogens is 602 g/mol. The van der Waals surface area contributed by atoms with Gasteiger partial charge in [-0.2, -0.15) is 0 Å². The van der Waals surface area contributed by atoms with E-state index in [-0.39, 0.29) is 33.0 Å². The van der Waals surface area contributed by atoms with Gasteiger partial charge in [0.05, 0.1) is 33.0 Å². The summed E-state index contributed by atoms with van der Waals surface area (Å²) in [5.41, 5.74) is 1.71. The van der Waals surface area contributed by atoms with Crippen molar-refractivity contribution in [2.75, 3.05) is 13.7 Å². The lowest BCUT2D eigenvalue weighted by molar-refractivity contribution is -0.334. The van der Waals surface area contributed by atoms with E-state index in [0.29, 0.717) is 0 Å². The number of alkyl halides is 2. The van der Waals surface area contributed by atoms with Crippen molar-refractivity contribution in [1.29, 1.82) is 0 Å². The molecule has 0 bridgehead atoms. The van der Waals surface area contributed by atoms with Crippen LogP contribution < -0.4 is 0 Å². The first kappa shape index (κ1) is 34.8. The van der Waals surface area contributed by atoms with Crippen molar-refractivity contribution in [3.63, 3.8) is 0 Å². The topological polar surface area (TPSA) is 55.4 Å². The van der Waals surface area contributed by atoms with E-state index in [1.165, 1.54) is 21.0 Å². The van der Waals surface area contributed by atoms with Crippen molar-refractivity contribution in [2.24, 2.45) is 0 Å². The molecule has 0 amide bonds. The molecule has 5 rings (SSSR count). The molecule has 1 saturated heterocycles. The van der Waals surface area contributed by atoms with Gasteiger partial charge in [0, 0.05) is 7.11 Å². The molecule has 250 valence electrons. The van der Waals surface area contributed by atoms with Crippen molar-refractivity contribution in [2.45, 2.75) is 82.3 Å². The van der Waals surface area contributed by atoms with Gasteiger partial charge in [-0.05, 0) is 36.1 Å². The highest BCUT2D eigenvalue weighted by molar-refractivity contribution is 5.17. The van der Waals surface area contributed by atoms with Crippen molar-refractivity contribution >= 4 is 0 Å². The average Bonchev–Trinajstić information content (AvgIpc) is 3.11. The molecule has 4 aromatic carbocycles. The quantitative estimate of drug-likeness (QED) is 0.124. The van der Waals surface area contributed by atoms with Gasteiger partial charge in [-0.3, -0.25) is 0 Å². The highest BCUT2D eigenvalue weighted by Gasteiger charge is 2.63. The molecular formula is C39H44F2O6. The van der Waals surface area contributed by atoms with Crippen LogP contribution in [0, 0.1) is 0 Å². The number of ether oxygens (including phenoxy) is 6. The number of rotatable bonds is 16. The summed E-state index contributed by atoms with van der Waals surface area (Å²) in [6.45, 7) is 3.41. The molecule has 0 unspecified atom stereocenters. The third-order valence-electron chi connectivity index (χ3n) is 8.55. The summed E-state index contributed by atoms with van der Waals surface area (Å²) in [5.74, 6) is -3.50. The van der Waals surface area contributed by atoms with Crippen LogP contribution in [0.1, 0.15) is 36.1 Å². The van der Waals surface area contributed by atoms with Crippen LogP contribution in [0.3, 0.4) is 0 Å².